The highest BCUT2D eigenvalue weighted by Gasteiger charge is 2.32. The van der Waals surface area contributed by atoms with Crippen molar-refractivity contribution in [1.82, 2.24) is 14.9 Å². The molecule has 158 valence electrons. The Kier molecular flexibility index (Phi) is 5.71. The summed E-state index contributed by atoms with van der Waals surface area (Å²) in [5.41, 5.74) is 6.96. The third kappa shape index (κ3) is 4.01. The van der Waals surface area contributed by atoms with Crippen LogP contribution in [-0.4, -0.2) is 64.7 Å². The number of rotatable bonds is 5. The molecule has 3 aliphatic rings. The fourth-order valence-electron chi connectivity index (χ4n) is 5.29. The van der Waals surface area contributed by atoms with Crippen LogP contribution in [0.25, 0.3) is 10.2 Å². The minimum atomic E-state index is -0.787. The largest absolute Gasteiger partial charge is 0.474 e. The van der Waals surface area contributed by atoms with Crippen molar-refractivity contribution in [3.8, 4) is 5.88 Å². The van der Waals surface area contributed by atoms with Crippen LogP contribution in [0.15, 0.2) is 6.33 Å². The number of nitrogens with two attached hydrogens (primary N) is 1. The number of nitrogens with zero attached hydrogens (tertiary/aromatic N) is 3. The van der Waals surface area contributed by atoms with E-state index in [0.29, 0.717) is 12.5 Å². The highest BCUT2D eigenvalue weighted by atomic mass is 32.1. The van der Waals surface area contributed by atoms with E-state index < -0.39 is 6.23 Å². The molecule has 2 aliphatic carbocycles. The van der Waals surface area contributed by atoms with Gasteiger partial charge in [-0.3, -0.25) is 4.90 Å². The van der Waals surface area contributed by atoms with E-state index in [0.717, 1.165) is 68.1 Å². The smallest absolute Gasteiger partial charge is 0.225 e. The minimum Gasteiger partial charge on any atom is -0.474 e. The van der Waals surface area contributed by atoms with Crippen molar-refractivity contribution >= 4 is 21.6 Å². The zero-order valence-corrected chi connectivity index (χ0v) is 17.6. The molecular formula is C21H30N4O3S. The van der Waals surface area contributed by atoms with Gasteiger partial charge >= 0.3 is 0 Å². The molecule has 1 saturated carbocycles. The maximum Gasteiger partial charge on any atom is 0.225 e. The molecule has 0 aromatic carbocycles. The lowest BCUT2D eigenvalue weighted by molar-refractivity contribution is -0.00126. The molecule has 2 aromatic heterocycles. The molecule has 3 heterocycles. The van der Waals surface area contributed by atoms with Gasteiger partial charge in [0.2, 0.25) is 5.88 Å². The van der Waals surface area contributed by atoms with Gasteiger partial charge in [-0.25, -0.2) is 9.97 Å². The van der Waals surface area contributed by atoms with Crippen LogP contribution in [-0.2, 0) is 11.2 Å². The van der Waals surface area contributed by atoms with Gasteiger partial charge in [0, 0.05) is 24.0 Å². The van der Waals surface area contributed by atoms with Crippen molar-refractivity contribution in [2.75, 3.05) is 26.3 Å². The van der Waals surface area contributed by atoms with Gasteiger partial charge in [0.05, 0.1) is 18.6 Å². The standard InChI is InChI=1S/C21H30N4O3S/c22-17(26)11-13-1-6-16-18(13)19-20(23-12-24-21(19)29-16)28-15-4-2-14(3-5-15)25-7-9-27-10-8-25/h12-15,17,26H,1-11,22H2/t13-,14?,15?,17+/m1/s1. The number of hydrogen-bond acceptors (Lipinski definition) is 8. The number of aromatic nitrogens is 2. The second kappa shape index (κ2) is 8.43. The van der Waals surface area contributed by atoms with Crippen molar-refractivity contribution in [1.29, 1.82) is 0 Å². The number of ether oxygens (including phenoxy) is 2. The summed E-state index contributed by atoms with van der Waals surface area (Å²) in [7, 11) is 0. The fraction of sp³-hybridized carbons (Fsp3) is 0.714. The van der Waals surface area contributed by atoms with Crippen LogP contribution < -0.4 is 10.5 Å². The van der Waals surface area contributed by atoms with Crippen LogP contribution in [0.1, 0.15) is 54.9 Å². The zero-order chi connectivity index (χ0) is 19.8. The van der Waals surface area contributed by atoms with E-state index in [1.54, 1.807) is 17.7 Å². The number of morpholine rings is 1. The summed E-state index contributed by atoms with van der Waals surface area (Å²) in [6, 6.07) is 0.657. The quantitative estimate of drug-likeness (QED) is 0.720. The van der Waals surface area contributed by atoms with Gasteiger partial charge in [0.15, 0.2) is 0 Å². The molecule has 0 amide bonds. The van der Waals surface area contributed by atoms with Gasteiger partial charge in [0.25, 0.3) is 0 Å². The highest BCUT2D eigenvalue weighted by molar-refractivity contribution is 7.19. The summed E-state index contributed by atoms with van der Waals surface area (Å²) in [6.07, 6.45) is 8.14. The van der Waals surface area contributed by atoms with E-state index in [9.17, 15) is 5.11 Å². The molecule has 1 saturated heterocycles. The summed E-state index contributed by atoms with van der Waals surface area (Å²) in [4.78, 5) is 14.0. The summed E-state index contributed by atoms with van der Waals surface area (Å²) in [5.74, 6) is 0.991. The molecule has 0 bridgehead atoms. The van der Waals surface area contributed by atoms with Crippen LogP contribution in [0.3, 0.4) is 0 Å². The van der Waals surface area contributed by atoms with E-state index in [2.05, 4.69) is 14.9 Å². The predicted octanol–water partition coefficient (Wildman–Crippen LogP) is 2.41. The van der Waals surface area contributed by atoms with Crippen molar-refractivity contribution in [2.45, 2.75) is 69.2 Å². The average Bonchev–Trinajstić information content (AvgIpc) is 3.29. The topological polar surface area (TPSA) is 93.7 Å². The minimum absolute atomic E-state index is 0.209. The second-order valence-electron chi connectivity index (χ2n) is 8.53. The number of aryl methyl sites for hydroxylation is 1. The molecule has 7 nitrogen and oxygen atoms in total. The molecule has 2 aromatic rings. The van der Waals surface area contributed by atoms with Crippen molar-refractivity contribution in [3.63, 3.8) is 0 Å². The van der Waals surface area contributed by atoms with Gasteiger partial charge in [-0.15, -0.1) is 11.3 Å². The van der Waals surface area contributed by atoms with Gasteiger partial charge in [-0.05, 0) is 56.4 Å². The summed E-state index contributed by atoms with van der Waals surface area (Å²) >= 11 is 1.74. The number of aliphatic hydroxyl groups is 1. The van der Waals surface area contributed by atoms with E-state index in [1.165, 1.54) is 23.3 Å². The van der Waals surface area contributed by atoms with E-state index in [4.69, 9.17) is 15.2 Å². The van der Waals surface area contributed by atoms with Crippen molar-refractivity contribution < 1.29 is 14.6 Å². The Morgan fingerprint density at radius 3 is 2.76 bits per heavy atom. The molecule has 3 N–H and O–H groups in total. The Hall–Kier alpha value is -1.32. The Labute approximate surface area is 175 Å². The third-order valence-corrected chi connectivity index (χ3v) is 7.88. The summed E-state index contributed by atoms with van der Waals surface area (Å²) in [5, 5.41) is 10.8. The number of fused-ring (bicyclic) bond motifs is 3. The Morgan fingerprint density at radius 1 is 1.21 bits per heavy atom. The van der Waals surface area contributed by atoms with Gasteiger partial charge in [-0.2, -0.15) is 0 Å². The number of aliphatic hydroxyl groups excluding tert-OH is 1. The van der Waals surface area contributed by atoms with Gasteiger partial charge < -0.3 is 20.3 Å². The Bertz CT molecular complexity index is 844. The van der Waals surface area contributed by atoms with Crippen LogP contribution in [0, 0.1) is 0 Å². The first-order valence-corrected chi connectivity index (χ1v) is 11.7. The number of thiophene rings is 1. The normalized spacial score (nSPS) is 29.1. The lowest BCUT2D eigenvalue weighted by atomic mass is 9.91. The first-order chi connectivity index (χ1) is 14.2. The molecule has 5 rings (SSSR count). The lowest BCUT2D eigenvalue weighted by Crippen LogP contribution is -2.46. The summed E-state index contributed by atoms with van der Waals surface area (Å²) in [6.45, 7) is 3.82. The Morgan fingerprint density at radius 2 is 2.00 bits per heavy atom. The second-order valence-corrected chi connectivity index (χ2v) is 9.62. The van der Waals surface area contributed by atoms with Crippen LogP contribution in [0.2, 0.25) is 0 Å². The highest BCUT2D eigenvalue weighted by Crippen LogP contribution is 2.47. The predicted molar refractivity (Wildman–Crippen MR) is 112 cm³/mol. The van der Waals surface area contributed by atoms with Crippen LogP contribution in [0.5, 0.6) is 5.88 Å². The third-order valence-electron chi connectivity index (χ3n) is 6.71. The molecule has 8 heteroatoms. The lowest BCUT2D eigenvalue weighted by Gasteiger charge is -2.38. The number of hydrogen-bond donors (Lipinski definition) is 2. The van der Waals surface area contributed by atoms with E-state index in [-0.39, 0.29) is 12.0 Å². The van der Waals surface area contributed by atoms with E-state index in [1.807, 2.05) is 0 Å². The Balaban J connectivity index is 1.31. The molecule has 2 fully saturated rings. The van der Waals surface area contributed by atoms with Gasteiger partial charge in [-0.1, -0.05) is 0 Å². The molecular weight excluding hydrogens is 388 g/mol. The van der Waals surface area contributed by atoms with Crippen LogP contribution in [0.4, 0.5) is 0 Å². The van der Waals surface area contributed by atoms with Crippen molar-refractivity contribution in [3.05, 3.63) is 16.8 Å². The first kappa shape index (κ1) is 19.6. The average molecular weight is 419 g/mol. The summed E-state index contributed by atoms with van der Waals surface area (Å²) < 4.78 is 11.9. The molecule has 29 heavy (non-hydrogen) atoms. The molecule has 0 unspecified atom stereocenters. The maximum absolute atomic E-state index is 9.72. The van der Waals surface area contributed by atoms with E-state index >= 15 is 0 Å². The molecule has 0 spiro atoms. The molecule has 0 radical (unpaired) electrons. The zero-order valence-electron chi connectivity index (χ0n) is 16.8. The maximum atomic E-state index is 9.72. The van der Waals surface area contributed by atoms with Gasteiger partial charge in [0.1, 0.15) is 23.5 Å². The first-order valence-electron chi connectivity index (χ1n) is 10.9. The fourth-order valence-corrected chi connectivity index (χ4v) is 6.52. The molecule has 2 atom stereocenters. The van der Waals surface area contributed by atoms with Crippen LogP contribution >= 0.6 is 11.3 Å². The SMILES string of the molecule is N[C@@H](O)C[C@H]1CCc2sc3ncnc(OC4CCC(N5CCOCC5)CC4)c3c21. The van der Waals surface area contributed by atoms with Crippen molar-refractivity contribution in [2.24, 2.45) is 5.73 Å². The molecule has 1 aliphatic heterocycles. The monoisotopic (exact) mass is 418 g/mol.